The van der Waals surface area contributed by atoms with Crippen LogP contribution in [0.2, 0.25) is 0 Å². The van der Waals surface area contributed by atoms with Crippen LogP contribution in [0.15, 0.2) is 60.7 Å². The predicted molar refractivity (Wildman–Crippen MR) is 120 cm³/mol. The first kappa shape index (κ1) is 19.6. The van der Waals surface area contributed by atoms with Crippen LogP contribution in [-0.4, -0.2) is 66.0 Å². The highest BCUT2D eigenvalue weighted by atomic mass is 16.2. The highest BCUT2D eigenvalue weighted by Gasteiger charge is 2.43. The van der Waals surface area contributed by atoms with E-state index in [2.05, 4.69) is 45.4 Å². The Kier molecular flexibility index (Phi) is 5.73. The molecular formula is C25H32N4O. The lowest BCUT2D eigenvalue weighted by Gasteiger charge is -2.37. The van der Waals surface area contributed by atoms with Crippen LogP contribution in [0.3, 0.4) is 0 Å². The second kappa shape index (κ2) is 8.78. The fourth-order valence-corrected chi connectivity index (χ4v) is 5.50. The molecule has 3 fully saturated rings. The first-order chi connectivity index (χ1) is 14.7. The fourth-order valence-electron chi connectivity index (χ4n) is 5.50. The molecule has 2 aromatic carbocycles. The van der Waals surface area contributed by atoms with Gasteiger partial charge in [-0.05, 0) is 55.5 Å². The Labute approximate surface area is 179 Å². The SMILES string of the molecule is O=C(Nc1ccccc1)N1CC2CN(C3CCN(Cc4ccccc4)CC3)CC2C1. The lowest BCUT2D eigenvalue weighted by atomic mass is 10.0. The normalized spacial score (nSPS) is 25.4. The lowest BCUT2D eigenvalue weighted by molar-refractivity contribution is 0.114. The minimum Gasteiger partial charge on any atom is -0.324 e. The number of hydrogen-bond acceptors (Lipinski definition) is 3. The zero-order valence-corrected chi connectivity index (χ0v) is 17.6. The zero-order chi connectivity index (χ0) is 20.3. The Morgan fingerprint density at radius 2 is 1.43 bits per heavy atom. The van der Waals surface area contributed by atoms with Crippen molar-refractivity contribution >= 4 is 11.7 Å². The van der Waals surface area contributed by atoms with Crippen molar-refractivity contribution in [3.05, 3.63) is 66.2 Å². The number of carbonyl (C=O) groups is 1. The van der Waals surface area contributed by atoms with Crippen molar-refractivity contribution in [2.24, 2.45) is 11.8 Å². The number of para-hydroxylation sites is 1. The van der Waals surface area contributed by atoms with Gasteiger partial charge < -0.3 is 10.2 Å². The molecular weight excluding hydrogens is 372 g/mol. The third-order valence-electron chi connectivity index (χ3n) is 7.15. The molecule has 2 unspecified atom stereocenters. The maximum atomic E-state index is 12.6. The monoisotopic (exact) mass is 404 g/mol. The second-order valence-corrected chi connectivity index (χ2v) is 9.17. The highest BCUT2D eigenvalue weighted by molar-refractivity contribution is 5.89. The van der Waals surface area contributed by atoms with Crippen LogP contribution in [0, 0.1) is 11.8 Å². The molecule has 30 heavy (non-hydrogen) atoms. The highest BCUT2D eigenvalue weighted by Crippen LogP contribution is 2.34. The molecule has 3 aliphatic heterocycles. The van der Waals surface area contributed by atoms with E-state index in [0.717, 1.165) is 38.4 Å². The van der Waals surface area contributed by atoms with Crippen molar-refractivity contribution in [1.29, 1.82) is 0 Å². The molecule has 2 aromatic rings. The summed E-state index contributed by atoms with van der Waals surface area (Å²) in [5.41, 5.74) is 2.30. The van der Waals surface area contributed by atoms with Gasteiger partial charge in [0.25, 0.3) is 0 Å². The van der Waals surface area contributed by atoms with Gasteiger partial charge in [0.2, 0.25) is 0 Å². The number of likely N-dealkylation sites (tertiary alicyclic amines) is 3. The van der Waals surface area contributed by atoms with Gasteiger partial charge in [0.1, 0.15) is 0 Å². The molecule has 5 nitrogen and oxygen atoms in total. The Bertz CT molecular complexity index is 821. The van der Waals surface area contributed by atoms with Crippen LogP contribution in [-0.2, 0) is 6.54 Å². The quantitative estimate of drug-likeness (QED) is 0.844. The van der Waals surface area contributed by atoms with Crippen molar-refractivity contribution in [2.45, 2.75) is 25.4 Å². The summed E-state index contributed by atoms with van der Waals surface area (Å²) >= 11 is 0. The number of hydrogen-bond donors (Lipinski definition) is 1. The number of nitrogens with one attached hydrogen (secondary N) is 1. The zero-order valence-electron chi connectivity index (χ0n) is 17.6. The van der Waals surface area contributed by atoms with Gasteiger partial charge in [-0.1, -0.05) is 48.5 Å². The van der Waals surface area contributed by atoms with Crippen LogP contribution in [0.5, 0.6) is 0 Å². The maximum Gasteiger partial charge on any atom is 0.321 e. The minimum atomic E-state index is 0.0522. The van der Waals surface area contributed by atoms with Gasteiger partial charge in [0.15, 0.2) is 0 Å². The predicted octanol–water partition coefficient (Wildman–Crippen LogP) is 3.75. The summed E-state index contributed by atoms with van der Waals surface area (Å²) in [7, 11) is 0. The number of rotatable bonds is 4. The Balaban J connectivity index is 1.08. The van der Waals surface area contributed by atoms with E-state index < -0.39 is 0 Å². The van der Waals surface area contributed by atoms with Gasteiger partial charge in [-0.3, -0.25) is 9.80 Å². The number of benzene rings is 2. The summed E-state index contributed by atoms with van der Waals surface area (Å²) in [5, 5.41) is 3.04. The lowest BCUT2D eigenvalue weighted by Crippen LogP contribution is -2.45. The molecule has 0 aliphatic carbocycles. The van der Waals surface area contributed by atoms with Crippen molar-refractivity contribution in [3.63, 3.8) is 0 Å². The number of carbonyl (C=O) groups excluding carboxylic acids is 1. The van der Waals surface area contributed by atoms with E-state index in [1.54, 1.807) is 0 Å². The fraction of sp³-hybridized carbons (Fsp3) is 0.480. The Morgan fingerprint density at radius 3 is 2.07 bits per heavy atom. The van der Waals surface area contributed by atoms with Gasteiger partial charge in [-0.25, -0.2) is 4.79 Å². The maximum absolute atomic E-state index is 12.6. The summed E-state index contributed by atoms with van der Waals surface area (Å²) in [6, 6.07) is 21.4. The number of urea groups is 1. The summed E-state index contributed by atoms with van der Waals surface area (Å²) in [6.07, 6.45) is 2.54. The molecule has 158 valence electrons. The molecule has 2 atom stereocenters. The topological polar surface area (TPSA) is 38.8 Å². The van der Waals surface area contributed by atoms with Gasteiger partial charge in [-0.15, -0.1) is 0 Å². The van der Waals surface area contributed by atoms with E-state index in [1.165, 1.54) is 31.5 Å². The van der Waals surface area contributed by atoms with Crippen LogP contribution >= 0.6 is 0 Å². The summed E-state index contributed by atoms with van der Waals surface area (Å²) in [4.78, 5) is 19.9. The average molecular weight is 405 g/mol. The van der Waals surface area contributed by atoms with E-state index in [9.17, 15) is 4.79 Å². The standard InChI is InChI=1S/C25H32N4O/c30-25(26-23-9-5-2-6-10-23)29-18-21-16-28(17-22(21)19-29)24-11-13-27(14-12-24)15-20-7-3-1-4-8-20/h1-10,21-22,24H,11-19H2,(H,26,30). The van der Waals surface area contributed by atoms with Gasteiger partial charge in [0, 0.05) is 44.5 Å². The summed E-state index contributed by atoms with van der Waals surface area (Å²) in [6.45, 7) is 7.56. The molecule has 1 N–H and O–H groups in total. The third kappa shape index (κ3) is 4.37. The van der Waals surface area contributed by atoms with E-state index in [-0.39, 0.29) is 6.03 Å². The molecule has 2 amide bonds. The van der Waals surface area contributed by atoms with Gasteiger partial charge in [-0.2, -0.15) is 0 Å². The van der Waals surface area contributed by atoms with Gasteiger partial charge in [0.05, 0.1) is 0 Å². The average Bonchev–Trinajstić information content (AvgIpc) is 3.35. The van der Waals surface area contributed by atoms with Crippen molar-refractivity contribution in [3.8, 4) is 0 Å². The van der Waals surface area contributed by atoms with E-state index in [0.29, 0.717) is 17.9 Å². The molecule has 0 radical (unpaired) electrons. The van der Waals surface area contributed by atoms with Crippen LogP contribution in [0.1, 0.15) is 18.4 Å². The molecule has 3 aliphatic rings. The first-order valence-electron chi connectivity index (χ1n) is 11.4. The molecule has 0 bridgehead atoms. The summed E-state index contributed by atoms with van der Waals surface area (Å²) < 4.78 is 0. The van der Waals surface area contributed by atoms with E-state index in [4.69, 9.17) is 0 Å². The molecule has 5 heteroatoms. The number of piperidine rings is 1. The number of anilines is 1. The molecule has 0 spiro atoms. The van der Waals surface area contributed by atoms with Crippen molar-refractivity contribution in [2.75, 3.05) is 44.6 Å². The summed E-state index contributed by atoms with van der Waals surface area (Å²) in [5.74, 6) is 1.27. The molecule has 3 heterocycles. The number of fused-ring (bicyclic) bond motifs is 1. The molecule has 0 aromatic heterocycles. The third-order valence-corrected chi connectivity index (χ3v) is 7.15. The smallest absolute Gasteiger partial charge is 0.321 e. The number of amides is 2. The van der Waals surface area contributed by atoms with E-state index in [1.807, 2.05) is 35.2 Å². The van der Waals surface area contributed by atoms with Crippen molar-refractivity contribution in [1.82, 2.24) is 14.7 Å². The molecule has 0 saturated carbocycles. The van der Waals surface area contributed by atoms with Crippen molar-refractivity contribution < 1.29 is 4.79 Å². The Hall–Kier alpha value is -2.37. The second-order valence-electron chi connectivity index (χ2n) is 9.17. The van der Waals surface area contributed by atoms with Crippen LogP contribution in [0.25, 0.3) is 0 Å². The van der Waals surface area contributed by atoms with Crippen LogP contribution < -0.4 is 5.32 Å². The van der Waals surface area contributed by atoms with Gasteiger partial charge >= 0.3 is 6.03 Å². The van der Waals surface area contributed by atoms with E-state index >= 15 is 0 Å². The largest absolute Gasteiger partial charge is 0.324 e. The Morgan fingerprint density at radius 1 is 0.833 bits per heavy atom. The molecule has 5 rings (SSSR count). The first-order valence-corrected chi connectivity index (χ1v) is 11.4. The van der Waals surface area contributed by atoms with Crippen LogP contribution in [0.4, 0.5) is 10.5 Å². The number of nitrogens with zero attached hydrogens (tertiary/aromatic N) is 3. The molecule has 3 saturated heterocycles. The minimum absolute atomic E-state index is 0.0522.